The molecular formula is C20H16N2O4S. The molecule has 2 aromatic carbocycles. The highest BCUT2D eigenvalue weighted by molar-refractivity contribution is 7.08. The molecule has 27 heavy (non-hydrogen) atoms. The second-order valence-electron chi connectivity index (χ2n) is 5.83. The molecule has 0 saturated carbocycles. The second-order valence-corrected chi connectivity index (χ2v) is 6.61. The number of nitrogens with one attached hydrogen (secondary N) is 1. The van der Waals surface area contributed by atoms with Crippen molar-refractivity contribution >= 4 is 35.2 Å². The number of hydrogen-bond acceptors (Lipinski definition) is 5. The van der Waals surface area contributed by atoms with E-state index in [0.29, 0.717) is 42.5 Å². The van der Waals surface area contributed by atoms with E-state index in [-0.39, 0.29) is 0 Å². The Balaban J connectivity index is 1.54. The van der Waals surface area contributed by atoms with Crippen molar-refractivity contribution in [2.24, 2.45) is 0 Å². The lowest BCUT2D eigenvalue weighted by Crippen LogP contribution is -2.33. The average molecular weight is 380 g/mol. The molecule has 7 heteroatoms. The van der Waals surface area contributed by atoms with Gasteiger partial charge in [0.25, 0.3) is 0 Å². The van der Waals surface area contributed by atoms with Gasteiger partial charge >= 0.3 is 6.03 Å². The summed E-state index contributed by atoms with van der Waals surface area (Å²) in [5.74, 6) is 1.11. The number of benzene rings is 2. The standard InChI is InChI=1S/C20H16N2O4S/c23-13-22(17-4-5-18-19(11-17)26-8-7-25-18)20(24)21-16-3-1-2-14(10-16)15-6-9-27-12-15/h1-6,9-13H,7-8H2,(H,21,24). The quantitative estimate of drug-likeness (QED) is 0.682. The van der Waals surface area contributed by atoms with E-state index in [9.17, 15) is 9.59 Å². The van der Waals surface area contributed by atoms with Gasteiger partial charge in [-0.05, 0) is 52.2 Å². The Labute approximate surface area is 159 Å². The van der Waals surface area contributed by atoms with E-state index >= 15 is 0 Å². The Morgan fingerprint density at radius 1 is 1.04 bits per heavy atom. The minimum absolute atomic E-state index is 0.403. The number of carbonyl (C=O) groups is 2. The third-order valence-electron chi connectivity index (χ3n) is 4.10. The zero-order chi connectivity index (χ0) is 18.6. The van der Waals surface area contributed by atoms with E-state index in [1.165, 1.54) is 0 Å². The van der Waals surface area contributed by atoms with Crippen molar-refractivity contribution in [1.29, 1.82) is 0 Å². The van der Waals surface area contributed by atoms with Crippen LogP contribution in [0.15, 0.2) is 59.3 Å². The van der Waals surface area contributed by atoms with Gasteiger partial charge < -0.3 is 14.8 Å². The molecule has 4 rings (SSSR count). The topological polar surface area (TPSA) is 67.9 Å². The van der Waals surface area contributed by atoms with E-state index in [1.54, 1.807) is 35.6 Å². The molecule has 0 spiro atoms. The normalized spacial score (nSPS) is 12.3. The molecule has 0 fully saturated rings. The van der Waals surface area contributed by atoms with Crippen molar-refractivity contribution in [3.8, 4) is 22.6 Å². The summed E-state index contributed by atoms with van der Waals surface area (Å²) in [6.45, 7) is 0.907. The number of nitrogens with zero attached hydrogens (tertiary/aromatic N) is 1. The van der Waals surface area contributed by atoms with Crippen molar-refractivity contribution in [3.05, 3.63) is 59.3 Å². The third kappa shape index (κ3) is 3.63. The van der Waals surface area contributed by atoms with Crippen LogP contribution in [0.1, 0.15) is 0 Å². The number of urea groups is 1. The maximum atomic E-state index is 12.6. The average Bonchev–Trinajstić information content (AvgIpc) is 3.23. The number of thiophene rings is 1. The van der Waals surface area contributed by atoms with Gasteiger partial charge in [0, 0.05) is 11.8 Å². The Kier molecular flexibility index (Phi) is 4.76. The molecule has 1 aliphatic rings. The highest BCUT2D eigenvalue weighted by Gasteiger charge is 2.19. The maximum Gasteiger partial charge on any atom is 0.332 e. The van der Waals surface area contributed by atoms with Crippen molar-refractivity contribution in [3.63, 3.8) is 0 Å². The first-order chi connectivity index (χ1) is 13.2. The van der Waals surface area contributed by atoms with Gasteiger partial charge in [-0.15, -0.1) is 0 Å². The molecule has 0 unspecified atom stereocenters. The van der Waals surface area contributed by atoms with Gasteiger partial charge in [-0.1, -0.05) is 12.1 Å². The largest absolute Gasteiger partial charge is 0.486 e. The molecule has 136 valence electrons. The van der Waals surface area contributed by atoms with Crippen LogP contribution in [0.5, 0.6) is 11.5 Å². The van der Waals surface area contributed by atoms with Gasteiger partial charge in [0.05, 0.1) is 5.69 Å². The SMILES string of the molecule is O=CN(C(=O)Nc1cccc(-c2ccsc2)c1)c1ccc2c(c1)OCCO2. The number of amides is 3. The molecule has 1 aliphatic heterocycles. The molecule has 3 amide bonds. The summed E-state index contributed by atoms with van der Waals surface area (Å²) in [6.07, 6.45) is 0.476. The van der Waals surface area contributed by atoms with Gasteiger partial charge in [-0.3, -0.25) is 4.79 Å². The predicted molar refractivity (Wildman–Crippen MR) is 105 cm³/mol. The van der Waals surface area contributed by atoms with Crippen LogP contribution in [-0.4, -0.2) is 25.7 Å². The molecule has 0 aliphatic carbocycles. The van der Waals surface area contributed by atoms with Crippen molar-refractivity contribution < 1.29 is 19.1 Å². The lowest BCUT2D eigenvalue weighted by atomic mass is 10.1. The van der Waals surface area contributed by atoms with Crippen LogP contribution >= 0.6 is 11.3 Å². The van der Waals surface area contributed by atoms with Crippen LogP contribution < -0.4 is 19.7 Å². The van der Waals surface area contributed by atoms with Crippen molar-refractivity contribution in [2.45, 2.75) is 0 Å². The van der Waals surface area contributed by atoms with E-state index in [0.717, 1.165) is 16.0 Å². The highest BCUT2D eigenvalue weighted by atomic mass is 32.1. The lowest BCUT2D eigenvalue weighted by molar-refractivity contribution is -0.106. The minimum Gasteiger partial charge on any atom is -0.486 e. The number of fused-ring (bicyclic) bond motifs is 1. The number of ether oxygens (including phenoxy) is 2. The minimum atomic E-state index is -0.552. The van der Waals surface area contributed by atoms with Crippen LogP contribution in [0.2, 0.25) is 0 Å². The summed E-state index contributed by atoms with van der Waals surface area (Å²) in [7, 11) is 0. The molecule has 0 saturated heterocycles. The van der Waals surface area contributed by atoms with Crippen LogP contribution in [-0.2, 0) is 4.79 Å². The highest BCUT2D eigenvalue weighted by Crippen LogP contribution is 2.34. The van der Waals surface area contributed by atoms with Crippen LogP contribution in [0.3, 0.4) is 0 Å². The summed E-state index contributed by atoms with van der Waals surface area (Å²) in [6, 6.07) is 13.9. The Morgan fingerprint density at radius 2 is 1.89 bits per heavy atom. The van der Waals surface area contributed by atoms with Crippen molar-refractivity contribution in [2.75, 3.05) is 23.4 Å². The van der Waals surface area contributed by atoms with E-state index in [4.69, 9.17) is 9.47 Å². The second kappa shape index (κ2) is 7.51. The summed E-state index contributed by atoms with van der Waals surface area (Å²) in [5.41, 5.74) is 3.08. The molecule has 3 aromatic rings. The summed E-state index contributed by atoms with van der Waals surface area (Å²) < 4.78 is 11.0. The first-order valence-electron chi connectivity index (χ1n) is 8.32. The third-order valence-corrected chi connectivity index (χ3v) is 4.78. The number of carbonyl (C=O) groups excluding carboxylic acids is 2. The molecular weight excluding hydrogens is 364 g/mol. The molecule has 0 bridgehead atoms. The summed E-state index contributed by atoms with van der Waals surface area (Å²) >= 11 is 1.61. The van der Waals surface area contributed by atoms with E-state index in [2.05, 4.69) is 5.32 Å². The van der Waals surface area contributed by atoms with Gasteiger partial charge in [-0.25, -0.2) is 9.69 Å². The number of anilines is 2. The smallest absolute Gasteiger partial charge is 0.332 e. The predicted octanol–water partition coefficient (Wildman–Crippen LogP) is 4.38. The fourth-order valence-electron chi connectivity index (χ4n) is 2.80. The van der Waals surface area contributed by atoms with E-state index < -0.39 is 6.03 Å². The van der Waals surface area contributed by atoms with Gasteiger partial charge in [0.15, 0.2) is 11.5 Å². The zero-order valence-electron chi connectivity index (χ0n) is 14.3. The van der Waals surface area contributed by atoms with Crippen LogP contribution in [0.4, 0.5) is 16.2 Å². The molecule has 2 heterocycles. The zero-order valence-corrected chi connectivity index (χ0v) is 15.1. The van der Waals surface area contributed by atoms with Crippen LogP contribution in [0.25, 0.3) is 11.1 Å². The van der Waals surface area contributed by atoms with Gasteiger partial charge in [0.1, 0.15) is 13.2 Å². The molecule has 0 atom stereocenters. The number of hydrogen-bond donors (Lipinski definition) is 1. The molecule has 1 aromatic heterocycles. The first kappa shape index (κ1) is 17.1. The van der Waals surface area contributed by atoms with Crippen LogP contribution in [0, 0.1) is 0 Å². The molecule has 0 radical (unpaired) electrons. The van der Waals surface area contributed by atoms with E-state index in [1.807, 2.05) is 35.0 Å². The molecule has 1 N–H and O–H groups in total. The Morgan fingerprint density at radius 3 is 2.67 bits per heavy atom. The first-order valence-corrected chi connectivity index (χ1v) is 9.27. The lowest BCUT2D eigenvalue weighted by Gasteiger charge is -2.21. The number of rotatable bonds is 4. The fraction of sp³-hybridized carbons (Fsp3) is 0.100. The van der Waals surface area contributed by atoms with Crippen molar-refractivity contribution in [1.82, 2.24) is 0 Å². The fourth-order valence-corrected chi connectivity index (χ4v) is 3.46. The van der Waals surface area contributed by atoms with Gasteiger partial charge in [0.2, 0.25) is 6.41 Å². The maximum absolute atomic E-state index is 12.6. The molecule has 6 nitrogen and oxygen atoms in total. The monoisotopic (exact) mass is 380 g/mol. The Bertz CT molecular complexity index is 972. The number of imide groups is 1. The van der Waals surface area contributed by atoms with Gasteiger partial charge in [-0.2, -0.15) is 11.3 Å². The summed E-state index contributed by atoms with van der Waals surface area (Å²) in [5, 5.41) is 6.79. The Hall–Kier alpha value is -3.32. The summed E-state index contributed by atoms with van der Waals surface area (Å²) in [4.78, 5) is 25.2.